The Balaban J connectivity index is 1.09. The van der Waals surface area contributed by atoms with Crippen LogP contribution in [0.3, 0.4) is 0 Å². The molecule has 7 nitrogen and oxygen atoms in total. The molecular weight excluding hydrogens is 471 g/mol. The Morgan fingerprint density at radius 1 is 1.06 bits per heavy atom. The summed E-state index contributed by atoms with van der Waals surface area (Å²) in [4.78, 5) is 34.2. The molecule has 3 N–H and O–H groups in total. The number of hydrogen-bond acceptors (Lipinski definition) is 5. The van der Waals surface area contributed by atoms with E-state index in [9.17, 15) is 22.8 Å². The molecule has 4 bridgehead atoms. The van der Waals surface area contributed by atoms with Crippen LogP contribution in [0, 0.1) is 29.1 Å². The first-order valence-corrected chi connectivity index (χ1v) is 13.3. The Bertz CT molecular complexity index is 1000. The summed E-state index contributed by atoms with van der Waals surface area (Å²) in [6, 6.07) is 2.45. The van der Waals surface area contributed by atoms with Gasteiger partial charge in [-0.25, -0.2) is 4.98 Å². The van der Waals surface area contributed by atoms with Crippen LogP contribution in [0.25, 0.3) is 0 Å². The number of amides is 2. The number of rotatable bonds is 6. The fourth-order valence-corrected chi connectivity index (χ4v) is 7.87. The lowest BCUT2D eigenvalue weighted by Crippen LogP contribution is -2.64. The number of pyridine rings is 1. The maximum Gasteiger partial charge on any atom is 0.417 e. The van der Waals surface area contributed by atoms with E-state index in [2.05, 4.69) is 15.2 Å². The van der Waals surface area contributed by atoms with Crippen LogP contribution in [0.2, 0.25) is 0 Å². The van der Waals surface area contributed by atoms with E-state index in [1.54, 1.807) is 0 Å². The van der Waals surface area contributed by atoms with E-state index < -0.39 is 11.7 Å². The molecule has 0 radical (unpaired) electrons. The molecule has 7 rings (SSSR count). The number of nitrogens with two attached hydrogens (primary N) is 1. The van der Waals surface area contributed by atoms with Crippen molar-refractivity contribution in [2.24, 2.45) is 34.8 Å². The fraction of sp³-hybridized carbons (Fsp3) is 0.731. The van der Waals surface area contributed by atoms with Gasteiger partial charge in [-0.05, 0) is 80.8 Å². The second kappa shape index (κ2) is 8.60. The minimum Gasteiger partial charge on any atom is -0.369 e. The first kappa shape index (κ1) is 24.0. The van der Waals surface area contributed by atoms with Gasteiger partial charge in [0.05, 0.1) is 11.6 Å². The third-order valence-corrected chi connectivity index (χ3v) is 9.55. The topological polar surface area (TPSA) is 91.6 Å². The summed E-state index contributed by atoms with van der Waals surface area (Å²) in [5.74, 6) is 2.04. The van der Waals surface area contributed by atoms with Crippen molar-refractivity contribution in [3.63, 3.8) is 0 Å². The van der Waals surface area contributed by atoms with Crippen molar-refractivity contribution in [3.8, 4) is 0 Å². The zero-order valence-corrected chi connectivity index (χ0v) is 20.3. The maximum absolute atomic E-state index is 13.6. The highest BCUT2D eigenvalue weighted by molar-refractivity contribution is 5.84. The molecule has 2 amide bonds. The number of carbonyl (C=O) groups is 2. The average Bonchev–Trinajstić information content (AvgIpc) is 3.66. The molecule has 5 saturated carbocycles. The van der Waals surface area contributed by atoms with Crippen LogP contribution in [0.1, 0.15) is 50.5 Å². The smallest absolute Gasteiger partial charge is 0.369 e. The predicted molar refractivity (Wildman–Crippen MR) is 127 cm³/mol. The molecule has 36 heavy (non-hydrogen) atoms. The molecule has 0 spiro atoms. The average molecular weight is 506 g/mol. The van der Waals surface area contributed by atoms with Crippen molar-refractivity contribution >= 4 is 17.6 Å². The number of nitrogens with zero attached hydrogens (tertiary/aromatic N) is 3. The summed E-state index contributed by atoms with van der Waals surface area (Å²) in [6.45, 7) is 2.57. The summed E-state index contributed by atoms with van der Waals surface area (Å²) in [5, 5.41) is 3.43. The normalized spacial score (nSPS) is 35.0. The Morgan fingerprint density at radius 3 is 2.25 bits per heavy atom. The molecule has 5 aliphatic carbocycles. The zero-order valence-electron chi connectivity index (χ0n) is 20.3. The zero-order chi connectivity index (χ0) is 25.2. The standard InChI is InChI=1S/C26H34F3N5O2/c27-26(28,29)19-3-4-20(31-14-19)33-5-7-34(8-6-33)22(16-1-2-16)23(35)32-21-17-9-15-10-18(21)13-25(11-15,12-17)24(30)36/h3-4,14-18,21-22H,1-2,5-13H2,(H2,30,36)(H,32,35)/t15?,17-,18+,21?,22?,25?. The SMILES string of the molecule is NC(=O)C12CC3C[C@H](C1)C(NC(=O)C(C1CC1)N1CCN(c4ccc(C(F)(F)F)cn4)CC1)[C@@H](C3)C2. The number of aromatic nitrogens is 1. The van der Waals surface area contributed by atoms with Crippen molar-refractivity contribution in [1.29, 1.82) is 0 Å². The van der Waals surface area contributed by atoms with E-state index in [1.807, 2.05) is 4.90 Å². The molecule has 6 atom stereocenters. The quantitative estimate of drug-likeness (QED) is 0.621. The second-order valence-electron chi connectivity index (χ2n) is 11.9. The number of primary amides is 1. The summed E-state index contributed by atoms with van der Waals surface area (Å²) in [7, 11) is 0. The van der Waals surface area contributed by atoms with Crippen molar-refractivity contribution < 1.29 is 22.8 Å². The van der Waals surface area contributed by atoms with Gasteiger partial charge in [0.25, 0.3) is 0 Å². The number of anilines is 1. The Kier molecular flexibility index (Phi) is 5.73. The highest BCUT2D eigenvalue weighted by Gasteiger charge is 2.58. The van der Waals surface area contributed by atoms with Gasteiger partial charge in [-0.3, -0.25) is 14.5 Å². The van der Waals surface area contributed by atoms with Crippen LogP contribution < -0.4 is 16.0 Å². The molecule has 1 aliphatic heterocycles. The van der Waals surface area contributed by atoms with E-state index in [0.717, 1.165) is 57.2 Å². The molecule has 196 valence electrons. The predicted octanol–water partition coefficient (Wildman–Crippen LogP) is 2.80. The molecule has 6 aliphatic rings. The van der Waals surface area contributed by atoms with Gasteiger partial charge in [-0.2, -0.15) is 13.2 Å². The molecule has 4 unspecified atom stereocenters. The Labute approximate surface area is 209 Å². The van der Waals surface area contributed by atoms with Crippen LogP contribution >= 0.6 is 0 Å². The van der Waals surface area contributed by atoms with Gasteiger partial charge in [0.2, 0.25) is 11.8 Å². The molecule has 2 heterocycles. The van der Waals surface area contributed by atoms with E-state index in [4.69, 9.17) is 5.73 Å². The van der Waals surface area contributed by atoms with Crippen LogP contribution in [0.4, 0.5) is 19.0 Å². The minimum absolute atomic E-state index is 0.101. The van der Waals surface area contributed by atoms with Gasteiger partial charge in [0.15, 0.2) is 0 Å². The Hall–Kier alpha value is -2.36. The number of alkyl halides is 3. The van der Waals surface area contributed by atoms with Gasteiger partial charge in [0, 0.05) is 43.8 Å². The first-order valence-electron chi connectivity index (χ1n) is 13.3. The molecule has 1 aromatic heterocycles. The molecule has 10 heteroatoms. The van der Waals surface area contributed by atoms with Gasteiger partial charge in [0.1, 0.15) is 5.82 Å². The largest absolute Gasteiger partial charge is 0.417 e. The van der Waals surface area contributed by atoms with E-state index in [0.29, 0.717) is 55.7 Å². The van der Waals surface area contributed by atoms with Gasteiger partial charge < -0.3 is 16.0 Å². The molecule has 1 aromatic rings. The summed E-state index contributed by atoms with van der Waals surface area (Å²) < 4.78 is 38.6. The summed E-state index contributed by atoms with van der Waals surface area (Å²) in [5.41, 5.74) is 4.71. The highest BCUT2D eigenvalue weighted by Crippen LogP contribution is 2.60. The van der Waals surface area contributed by atoms with E-state index in [-0.39, 0.29) is 29.3 Å². The lowest BCUT2D eigenvalue weighted by atomic mass is 9.47. The van der Waals surface area contributed by atoms with Gasteiger partial charge in [-0.1, -0.05) is 0 Å². The lowest BCUT2D eigenvalue weighted by Gasteiger charge is -2.59. The van der Waals surface area contributed by atoms with Crippen molar-refractivity contribution in [2.75, 3.05) is 31.1 Å². The number of piperazine rings is 1. The van der Waals surface area contributed by atoms with Crippen molar-refractivity contribution in [1.82, 2.24) is 15.2 Å². The van der Waals surface area contributed by atoms with Crippen LogP contribution in [0.15, 0.2) is 18.3 Å². The highest BCUT2D eigenvalue weighted by atomic mass is 19.4. The molecule has 6 fully saturated rings. The number of nitrogens with one attached hydrogen (secondary N) is 1. The minimum atomic E-state index is -4.40. The Morgan fingerprint density at radius 2 is 1.72 bits per heavy atom. The molecular formula is C26H34F3N5O2. The third-order valence-electron chi connectivity index (χ3n) is 9.55. The van der Waals surface area contributed by atoms with Crippen LogP contribution in [-0.4, -0.2) is 60.0 Å². The second-order valence-corrected chi connectivity index (χ2v) is 11.9. The van der Waals surface area contributed by atoms with Gasteiger partial charge >= 0.3 is 6.18 Å². The number of halogens is 3. The fourth-order valence-electron chi connectivity index (χ4n) is 7.87. The van der Waals surface area contributed by atoms with Crippen molar-refractivity contribution in [2.45, 2.75) is 63.2 Å². The molecule has 0 aromatic carbocycles. The molecule has 1 saturated heterocycles. The summed E-state index contributed by atoms with van der Waals surface area (Å²) in [6.07, 6.45) is 3.24. The van der Waals surface area contributed by atoms with E-state index >= 15 is 0 Å². The van der Waals surface area contributed by atoms with Gasteiger partial charge in [-0.15, -0.1) is 0 Å². The number of hydrogen-bond donors (Lipinski definition) is 2. The first-order chi connectivity index (χ1) is 17.1. The third kappa shape index (κ3) is 4.25. The van der Waals surface area contributed by atoms with Crippen molar-refractivity contribution in [3.05, 3.63) is 23.9 Å². The number of carbonyl (C=O) groups excluding carboxylic acids is 2. The monoisotopic (exact) mass is 505 g/mol. The van der Waals surface area contributed by atoms with Crippen LogP contribution in [-0.2, 0) is 15.8 Å². The van der Waals surface area contributed by atoms with Crippen LogP contribution in [0.5, 0.6) is 0 Å². The maximum atomic E-state index is 13.6. The van der Waals surface area contributed by atoms with E-state index in [1.165, 1.54) is 6.07 Å². The summed E-state index contributed by atoms with van der Waals surface area (Å²) >= 11 is 0. The lowest BCUT2D eigenvalue weighted by molar-refractivity contribution is -0.148.